The molecule has 2 aliphatic carbocycles. The van der Waals surface area contributed by atoms with E-state index in [1.54, 1.807) is 14.2 Å². The number of fused-ring (bicyclic) bond motifs is 1. The Morgan fingerprint density at radius 3 is 2.37 bits per heavy atom. The fourth-order valence-corrected chi connectivity index (χ4v) is 4.61. The van der Waals surface area contributed by atoms with Crippen LogP contribution in [0.1, 0.15) is 41.5 Å². The summed E-state index contributed by atoms with van der Waals surface area (Å²) < 4.78 is 10.8. The van der Waals surface area contributed by atoms with E-state index in [1.807, 2.05) is 12.1 Å². The molecule has 0 saturated heterocycles. The van der Waals surface area contributed by atoms with Crippen molar-refractivity contribution >= 4 is 12.4 Å². The van der Waals surface area contributed by atoms with E-state index in [0.29, 0.717) is 18.0 Å². The van der Waals surface area contributed by atoms with Crippen LogP contribution >= 0.6 is 12.4 Å². The molecule has 0 amide bonds. The van der Waals surface area contributed by atoms with Crippen molar-refractivity contribution in [3.63, 3.8) is 0 Å². The van der Waals surface area contributed by atoms with Gasteiger partial charge in [0, 0.05) is 18.0 Å². The lowest BCUT2D eigenvalue weighted by molar-refractivity contribution is 0.413. The Bertz CT molecular complexity index is 1020. The smallest absolute Gasteiger partial charge is 0.119 e. The van der Waals surface area contributed by atoms with Crippen LogP contribution in [0.3, 0.4) is 0 Å². The number of halogens is 1. The summed E-state index contributed by atoms with van der Waals surface area (Å²) >= 11 is 0. The number of ether oxygens (including phenoxy) is 2. The molecule has 3 aromatic carbocycles. The summed E-state index contributed by atoms with van der Waals surface area (Å²) in [6, 6.07) is 24.8. The van der Waals surface area contributed by atoms with Crippen LogP contribution in [0.2, 0.25) is 0 Å². The number of aryl methyl sites for hydroxylation is 1. The van der Waals surface area contributed by atoms with Crippen LogP contribution in [-0.4, -0.2) is 20.3 Å². The van der Waals surface area contributed by atoms with Gasteiger partial charge in [-0.25, -0.2) is 0 Å². The molecule has 30 heavy (non-hydrogen) atoms. The molecule has 1 N–H and O–H groups in total. The number of nitrogens with one attached hydrogen (secondary N) is 1. The van der Waals surface area contributed by atoms with Crippen molar-refractivity contribution < 1.29 is 9.47 Å². The number of rotatable bonds is 6. The molecule has 0 aliphatic heterocycles. The van der Waals surface area contributed by atoms with Gasteiger partial charge in [-0.2, -0.15) is 0 Å². The second kappa shape index (κ2) is 8.71. The standard InChI is InChI=1S/C26H27NO2.ClH/c1-28-21-5-3-4-20(14-21)17-6-8-18(9-7-17)24-16-26(24)27-25-13-11-19-10-12-22(29-2)15-23(19)25;/h3-10,12,14-15,24-27H,11,13,16H2,1-2H3;1H/t24-,25?,26+;/m0./s1. The first-order chi connectivity index (χ1) is 14.2. The summed E-state index contributed by atoms with van der Waals surface area (Å²) in [6.07, 6.45) is 3.55. The lowest BCUT2D eigenvalue weighted by Crippen LogP contribution is -2.22. The first-order valence-electron chi connectivity index (χ1n) is 10.4. The minimum Gasteiger partial charge on any atom is -0.497 e. The Morgan fingerprint density at radius 1 is 0.833 bits per heavy atom. The van der Waals surface area contributed by atoms with E-state index in [2.05, 4.69) is 59.9 Å². The molecule has 2 aliphatic rings. The van der Waals surface area contributed by atoms with Gasteiger partial charge in [-0.3, -0.25) is 0 Å². The molecule has 4 heteroatoms. The van der Waals surface area contributed by atoms with Gasteiger partial charge in [-0.1, -0.05) is 42.5 Å². The monoisotopic (exact) mass is 421 g/mol. The molecule has 3 atom stereocenters. The van der Waals surface area contributed by atoms with Crippen molar-refractivity contribution in [1.82, 2.24) is 5.32 Å². The minimum absolute atomic E-state index is 0. The van der Waals surface area contributed by atoms with E-state index < -0.39 is 0 Å². The van der Waals surface area contributed by atoms with Crippen LogP contribution in [0.25, 0.3) is 11.1 Å². The van der Waals surface area contributed by atoms with Gasteiger partial charge in [0.15, 0.2) is 0 Å². The van der Waals surface area contributed by atoms with Crippen LogP contribution in [0, 0.1) is 0 Å². The number of benzene rings is 3. The molecule has 1 unspecified atom stereocenters. The fraction of sp³-hybridized carbons (Fsp3) is 0.308. The zero-order valence-electron chi connectivity index (χ0n) is 17.4. The van der Waals surface area contributed by atoms with Crippen molar-refractivity contribution in [3.8, 4) is 22.6 Å². The number of methoxy groups -OCH3 is 2. The third-order valence-corrected chi connectivity index (χ3v) is 6.38. The topological polar surface area (TPSA) is 30.5 Å². The van der Waals surface area contributed by atoms with E-state index in [9.17, 15) is 0 Å². The van der Waals surface area contributed by atoms with Crippen LogP contribution in [0.5, 0.6) is 11.5 Å². The summed E-state index contributed by atoms with van der Waals surface area (Å²) in [5.41, 5.74) is 6.73. The quantitative estimate of drug-likeness (QED) is 0.535. The van der Waals surface area contributed by atoms with E-state index in [1.165, 1.54) is 40.7 Å². The second-order valence-electron chi connectivity index (χ2n) is 8.13. The lowest BCUT2D eigenvalue weighted by atomic mass is 10.0. The molecular weight excluding hydrogens is 394 g/mol. The van der Waals surface area contributed by atoms with E-state index >= 15 is 0 Å². The zero-order valence-corrected chi connectivity index (χ0v) is 18.2. The summed E-state index contributed by atoms with van der Waals surface area (Å²) in [5, 5.41) is 3.90. The molecule has 0 bridgehead atoms. The van der Waals surface area contributed by atoms with Gasteiger partial charge in [0.1, 0.15) is 11.5 Å². The number of hydrogen-bond donors (Lipinski definition) is 1. The number of hydrogen-bond acceptors (Lipinski definition) is 3. The average molecular weight is 422 g/mol. The second-order valence-corrected chi connectivity index (χ2v) is 8.13. The highest BCUT2D eigenvalue weighted by molar-refractivity contribution is 5.85. The molecule has 5 rings (SSSR count). The Morgan fingerprint density at radius 2 is 1.60 bits per heavy atom. The lowest BCUT2D eigenvalue weighted by Gasteiger charge is -2.15. The maximum atomic E-state index is 5.43. The predicted molar refractivity (Wildman–Crippen MR) is 124 cm³/mol. The third kappa shape index (κ3) is 4.05. The van der Waals surface area contributed by atoms with Gasteiger partial charge in [0.05, 0.1) is 14.2 Å². The van der Waals surface area contributed by atoms with Crippen molar-refractivity contribution in [3.05, 3.63) is 83.4 Å². The molecule has 0 radical (unpaired) electrons. The van der Waals surface area contributed by atoms with Crippen molar-refractivity contribution in [2.24, 2.45) is 0 Å². The molecule has 0 heterocycles. The highest BCUT2D eigenvalue weighted by Crippen LogP contribution is 2.44. The van der Waals surface area contributed by atoms with Gasteiger partial charge < -0.3 is 14.8 Å². The summed E-state index contributed by atoms with van der Waals surface area (Å²) in [4.78, 5) is 0. The van der Waals surface area contributed by atoms with Gasteiger partial charge in [0.25, 0.3) is 0 Å². The molecule has 156 valence electrons. The van der Waals surface area contributed by atoms with Crippen LogP contribution in [0.15, 0.2) is 66.7 Å². The Labute approximate surface area is 184 Å². The first kappa shape index (κ1) is 20.8. The zero-order chi connectivity index (χ0) is 19.8. The largest absolute Gasteiger partial charge is 0.497 e. The predicted octanol–water partition coefficient (Wildman–Crippen LogP) is 5.93. The first-order valence-corrected chi connectivity index (χ1v) is 10.4. The van der Waals surface area contributed by atoms with Crippen molar-refractivity contribution in [1.29, 1.82) is 0 Å². The van der Waals surface area contributed by atoms with Crippen LogP contribution < -0.4 is 14.8 Å². The highest BCUT2D eigenvalue weighted by Gasteiger charge is 2.40. The molecule has 3 nitrogen and oxygen atoms in total. The van der Waals surface area contributed by atoms with Crippen molar-refractivity contribution in [2.75, 3.05) is 14.2 Å². The maximum absolute atomic E-state index is 5.43. The SMILES string of the molecule is COc1cccc(-c2ccc([C@@H]3C[C@H]3NC3CCc4ccc(OC)cc43)cc2)c1.Cl. The fourth-order valence-electron chi connectivity index (χ4n) is 4.61. The molecule has 0 spiro atoms. The van der Waals surface area contributed by atoms with Crippen LogP contribution in [-0.2, 0) is 6.42 Å². The average Bonchev–Trinajstić information content (AvgIpc) is 3.44. The van der Waals surface area contributed by atoms with E-state index in [-0.39, 0.29) is 12.4 Å². The Balaban J connectivity index is 0.00000218. The van der Waals surface area contributed by atoms with Gasteiger partial charge in [0.2, 0.25) is 0 Å². The molecule has 1 saturated carbocycles. The van der Waals surface area contributed by atoms with Crippen LogP contribution in [0.4, 0.5) is 0 Å². The highest BCUT2D eigenvalue weighted by atomic mass is 35.5. The van der Waals surface area contributed by atoms with Gasteiger partial charge >= 0.3 is 0 Å². The third-order valence-electron chi connectivity index (χ3n) is 6.38. The van der Waals surface area contributed by atoms with E-state index in [0.717, 1.165) is 17.9 Å². The van der Waals surface area contributed by atoms with Gasteiger partial charge in [-0.15, -0.1) is 12.4 Å². The maximum Gasteiger partial charge on any atom is 0.119 e. The normalized spacial score (nSPS) is 21.5. The minimum atomic E-state index is 0. The Hall–Kier alpha value is -2.49. The summed E-state index contributed by atoms with van der Waals surface area (Å²) in [5.74, 6) is 2.47. The summed E-state index contributed by atoms with van der Waals surface area (Å²) in [6.45, 7) is 0. The molecule has 0 aromatic heterocycles. The van der Waals surface area contributed by atoms with Gasteiger partial charge in [-0.05, 0) is 71.3 Å². The Kier molecular flexibility index (Phi) is 6.03. The summed E-state index contributed by atoms with van der Waals surface area (Å²) in [7, 11) is 3.45. The molecule has 3 aromatic rings. The van der Waals surface area contributed by atoms with Crippen molar-refractivity contribution in [2.45, 2.75) is 37.3 Å². The van der Waals surface area contributed by atoms with E-state index in [4.69, 9.17) is 9.47 Å². The molecular formula is C26H28ClNO2. The molecule has 1 fully saturated rings.